The first-order valence-electron chi connectivity index (χ1n) is 6.45. The van der Waals surface area contributed by atoms with Crippen LogP contribution in [0.25, 0.3) is 0 Å². The Balaban J connectivity index is 2.24. The average Bonchev–Trinajstić information content (AvgIpc) is 2.47. The van der Waals surface area contributed by atoms with Crippen LogP contribution < -0.4 is 15.4 Å². The van der Waals surface area contributed by atoms with E-state index < -0.39 is 0 Å². The van der Waals surface area contributed by atoms with Crippen LogP contribution in [-0.2, 0) is 6.54 Å². The van der Waals surface area contributed by atoms with Crippen molar-refractivity contribution in [3.05, 3.63) is 59.4 Å². The second-order valence-corrected chi connectivity index (χ2v) is 5.15. The van der Waals surface area contributed by atoms with E-state index in [-0.39, 0.29) is 5.82 Å². The van der Waals surface area contributed by atoms with Crippen LogP contribution in [0, 0.1) is 5.82 Å². The number of halogens is 1. The molecule has 0 saturated carbocycles. The molecule has 2 aromatic rings. The molecule has 0 bridgehead atoms. The van der Waals surface area contributed by atoms with Crippen LogP contribution in [0.5, 0.6) is 5.75 Å². The highest BCUT2D eigenvalue weighted by Gasteiger charge is 2.10. The Morgan fingerprint density at radius 3 is 2.62 bits per heavy atom. The second-order valence-electron chi connectivity index (χ2n) is 4.71. The predicted molar refractivity (Wildman–Crippen MR) is 87.4 cm³/mol. The molecule has 5 heteroatoms. The number of para-hydroxylation sites is 1. The van der Waals surface area contributed by atoms with Crippen LogP contribution in [0.3, 0.4) is 0 Å². The van der Waals surface area contributed by atoms with Crippen LogP contribution in [-0.4, -0.2) is 19.1 Å². The molecule has 2 rings (SSSR count). The highest BCUT2D eigenvalue weighted by molar-refractivity contribution is 7.80. The summed E-state index contributed by atoms with van der Waals surface area (Å²) in [4.78, 5) is 2.13. The molecule has 0 radical (unpaired) electrons. The predicted octanol–water partition coefficient (Wildman–Crippen LogP) is 3.10. The van der Waals surface area contributed by atoms with E-state index in [2.05, 4.69) is 0 Å². The molecule has 2 N–H and O–H groups in total. The minimum absolute atomic E-state index is 0.244. The zero-order chi connectivity index (χ0) is 15.4. The van der Waals surface area contributed by atoms with Crippen molar-refractivity contribution < 1.29 is 9.13 Å². The van der Waals surface area contributed by atoms with Crippen molar-refractivity contribution in [1.82, 2.24) is 0 Å². The first-order chi connectivity index (χ1) is 10.0. The number of ether oxygens (including phenoxy) is 1. The number of hydrogen-bond acceptors (Lipinski definition) is 3. The van der Waals surface area contributed by atoms with Crippen molar-refractivity contribution in [2.45, 2.75) is 6.54 Å². The Hall–Kier alpha value is -2.14. The monoisotopic (exact) mass is 304 g/mol. The van der Waals surface area contributed by atoms with E-state index in [1.54, 1.807) is 19.2 Å². The number of hydrogen-bond donors (Lipinski definition) is 1. The van der Waals surface area contributed by atoms with Crippen molar-refractivity contribution in [2.24, 2.45) is 5.73 Å². The van der Waals surface area contributed by atoms with E-state index in [0.717, 1.165) is 5.56 Å². The Kier molecular flexibility index (Phi) is 4.75. The first-order valence-corrected chi connectivity index (χ1v) is 6.86. The zero-order valence-electron chi connectivity index (χ0n) is 12.0. The number of benzene rings is 2. The van der Waals surface area contributed by atoms with Crippen molar-refractivity contribution >= 4 is 22.9 Å². The summed E-state index contributed by atoms with van der Waals surface area (Å²) in [5.74, 6) is 0.383. The van der Waals surface area contributed by atoms with Crippen molar-refractivity contribution in [2.75, 3.05) is 19.1 Å². The third-order valence-corrected chi connectivity index (χ3v) is 3.43. The molecule has 0 atom stereocenters. The molecule has 0 aliphatic rings. The molecule has 21 heavy (non-hydrogen) atoms. The number of nitrogens with zero attached hydrogens (tertiary/aromatic N) is 1. The molecule has 0 aromatic heterocycles. The average molecular weight is 304 g/mol. The summed E-state index contributed by atoms with van der Waals surface area (Å²) < 4.78 is 19.1. The van der Waals surface area contributed by atoms with Gasteiger partial charge in [-0.05, 0) is 29.8 Å². The summed E-state index contributed by atoms with van der Waals surface area (Å²) in [7, 11) is 3.41. The summed E-state index contributed by atoms with van der Waals surface area (Å²) in [5.41, 5.74) is 7.88. The Bertz CT molecular complexity index is 660. The molecule has 0 amide bonds. The molecule has 2 aromatic carbocycles. The molecule has 0 saturated heterocycles. The Labute approximate surface area is 129 Å². The molecule has 0 spiro atoms. The van der Waals surface area contributed by atoms with Crippen molar-refractivity contribution in [3.8, 4) is 5.75 Å². The lowest BCUT2D eigenvalue weighted by Gasteiger charge is -2.20. The van der Waals surface area contributed by atoms with E-state index >= 15 is 0 Å². The molecule has 3 nitrogen and oxygen atoms in total. The van der Waals surface area contributed by atoms with Gasteiger partial charge in [0.05, 0.1) is 18.4 Å². The van der Waals surface area contributed by atoms with Gasteiger partial charge in [0.2, 0.25) is 0 Å². The lowest BCUT2D eigenvalue weighted by atomic mass is 10.1. The topological polar surface area (TPSA) is 38.5 Å². The van der Waals surface area contributed by atoms with Gasteiger partial charge in [-0.3, -0.25) is 0 Å². The maximum Gasteiger partial charge on any atom is 0.146 e. The van der Waals surface area contributed by atoms with Gasteiger partial charge < -0.3 is 15.4 Å². The normalized spacial score (nSPS) is 10.2. The van der Waals surface area contributed by atoms with E-state index in [0.29, 0.717) is 28.5 Å². The maximum atomic E-state index is 13.8. The van der Waals surface area contributed by atoms with E-state index in [1.807, 2.05) is 36.2 Å². The number of methoxy groups -OCH3 is 1. The minimum atomic E-state index is -0.244. The minimum Gasteiger partial charge on any atom is -0.496 e. The number of rotatable bonds is 5. The lowest BCUT2D eigenvalue weighted by molar-refractivity contribution is 0.413. The SMILES string of the molecule is COc1cc(CN(C)c2ccccc2F)ccc1C(N)=S. The van der Waals surface area contributed by atoms with Gasteiger partial charge in [-0.25, -0.2) is 4.39 Å². The molecule has 0 fully saturated rings. The summed E-state index contributed by atoms with van der Waals surface area (Å²) >= 11 is 4.98. The maximum absolute atomic E-state index is 13.8. The second kappa shape index (κ2) is 6.54. The van der Waals surface area contributed by atoms with Crippen LogP contribution in [0.15, 0.2) is 42.5 Å². The molecule has 0 heterocycles. The van der Waals surface area contributed by atoms with E-state index in [9.17, 15) is 4.39 Å². The van der Waals surface area contributed by atoms with Gasteiger partial charge in [-0.2, -0.15) is 0 Å². The van der Waals surface area contributed by atoms with E-state index in [4.69, 9.17) is 22.7 Å². The van der Waals surface area contributed by atoms with Crippen LogP contribution in [0.2, 0.25) is 0 Å². The van der Waals surface area contributed by atoms with Gasteiger partial charge in [-0.1, -0.05) is 30.4 Å². The smallest absolute Gasteiger partial charge is 0.146 e. The third-order valence-electron chi connectivity index (χ3n) is 3.21. The summed E-state index contributed by atoms with van der Waals surface area (Å²) in [5, 5.41) is 0. The van der Waals surface area contributed by atoms with Crippen molar-refractivity contribution in [3.63, 3.8) is 0 Å². The molecule has 0 unspecified atom stereocenters. The quantitative estimate of drug-likeness (QED) is 0.862. The molecule has 0 aliphatic carbocycles. The van der Waals surface area contributed by atoms with Crippen LogP contribution >= 0.6 is 12.2 Å². The Morgan fingerprint density at radius 1 is 1.29 bits per heavy atom. The lowest BCUT2D eigenvalue weighted by Crippen LogP contribution is -2.18. The number of nitrogens with two attached hydrogens (primary N) is 1. The van der Waals surface area contributed by atoms with Gasteiger partial charge >= 0.3 is 0 Å². The van der Waals surface area contributed by atoms with Crippen LogP contribution in [0.1, 0.15) is 11.1 Å². The fraction of sp³-hybridized carbons (Fsp3) is 0.188. The molecule has 110 valence electrons. The van der Waals surface area contributed by atoms with Gasteiger partial charge in [0.15, 0.2) is 0 Å². The van der Waals surface area contributed by atoms with Crippen LogP contribution in [0.4, 0.5) is 10.1 Å². The fourth-order valence-electron chi connectivity index (χ4n) is 2.16. The fourth-order valence-corrected chi connectivity index (χ4v) is 2.33. The van der Waals surface area contributed by atoms with Gasteiger partial charge in [-0.15, -0.1) is 0 Å². The number of thiocarbonyl (C=S) groups is 1. The third kappa shape index (κ3) is 3.49. The standard InChI is InChI=1S/C16H17FN2OS/c1-19(14-6-4-3-5-13(14)17)10-11-7-8-12(16(18)21)15(9-11)20-2/h3-9H,10H2,1-2H3,(H2,18,21). The zero-order valence-corrected chi connectivity index (χ0v) is 12.8. The van der Waals surface area contributed by atoms with E-state index in [1.165, 1.54) is 6.07 Å². The first kappa shape index (κ1) is 15.3. The number of anilines is 1. The molecular formula is C16H17FN2OS. The molecule has 0 aliphatic heterocycles. The molecular weight excluding hydrogens is 287 g/mol. The highest BCUT2D eigenvalue weighted by atomic mass is 32.1. The largest absolute Gasteiger partial charge is 0.496 e. The van der Waals surface area contributed by atoms with Crippen molar-refractivity contribution in [1.29, 1.82) is 0 Å². The Morgan fingerprint density at radius 2 is 2.00 bits per heavy atom. The highest BCUT2D eigenvalue weighted by Crippen LogP contribution is 2.23. The summed E-state index contributed by atoms with van der Waals surface area (Å²) in [6.45, 7) is 0.551. The van der Waals surface area contributed by atoms with Gasteiger partial charge in [0, 0.05) is 13.6 Å². The van der Waals surface area contributed by atoms with Gasteiger partial charge in [0.25, 0.3) is 0 Å². The van der Waals surface area contributed by atoms with Gasteiger partial charge in [0.1, 0.15) is 16.6 Å². The summed E-state index contributed by atoms with van der Waals surface area (Å²) in [6.07, 6.45) is 0. The summed E-state index contributed by atoms with van der Waals surface area (Å²) in [6, 6.07) is 12.3.